The summed E-state index contributed by atoms with van der Waals surface area (Å²) in [6.45, 7) is 7.70. The fourth-order valence-electron chi connectivity index (χ4n) is 3.36. The van der Waals surface area contributed by atoms with E-state index >= 15 is 0 Å². The maximum atomic E-state index is 13.8. The van der Waals surface area contributed by atoms with Crippen molar-refractivity contribution in [2.75, 3.05) is 19.1 Å². The van der Waals surface area contributed by atoms with E-state index in [1.165, 1.54) is 0 Å². The van der Waals surface area contributed by atoms with Gasteiger partial charge in [-0.15, -0.1) is 13.2 Å². The molecule has 0 aliphatic carbocycles. The van der Waals surface area contributed by atoms with E-state index in [9.17, 15) is 9.36 Å². The van der Waals surface area contributed by atoms with Crippen molar-refractivity contribution >= 4 is 12.9 Å². The van der Waals surface area contributed by atoms with Crippen LogP contribution in [0.3, 0.4) is 0 Å². The molecule has 0 saturated heterocycles. The zero-order chi connectivity index (χ0) is 19.3. The van der Waals surface area contributed by atoms with Crippen molar-refractivity contribution in [2.24, 2.45) is 0 Å². The molecule has 0 spiro atoms. The maximum absolute atomic E-state index is 13.8. The topological polar surface area (TPSA) is 52.6 Å². The number of ether oxygens (including phenoxy) is 2. The third-order valence-corrected chi connectivity index (χ3v) is 8.07. The van der Waals surface area contributed by atoms with Gasteiger partial charge in [-0.2, -0.15) is 0 Å². The van der Waals surface area contributed by atoms with Crippen molar-refractivity contribution in [3.63, 3.8) is 0 Å². The van der Waals surface area contributed by atoms with Crippen LogP contribution in [0.4, 0.5) is 0 Å². The molecule has 1 atom stereocenters. The van der Waals surface area contributed by atoms with Gasteiger partial charge in [0.2, 0.25) is 6.79 Å². The second-order valence-electron chi connectivity index (χ2n) is 6.52. The lowest BCUT2D eigenvalue weighted by atomic mass is 10.0. The summed E-state index contributed by atoms with van der Waals surface area (Å²) >= 11 is 0. The zero-order valence-corrected chi connectivity index (χ0v) is 16.1. The Morgan fingerprint density at radius 2 is 1.70 bits per heavy atom. The van der Waals surface area contributed by atoms with Crippen molar-refractivity contribution in [1.82, 2.24) is 0 Å². The van der Waals surface area contributed by atoms with Crippen LogP contribution in [0.25, 0.3) is 0 Å². The van der Waals surface area contributed by atoms with Crippen LogP contribution < -0.4 is 9.47 Å². The number of fused-ring (bicyclic) bond motifs is 1. The van der Waals surface area contributed by atoms with Crippen molar-refractivity contribution < 1.29 is 18.8 Å². The minimum atomic E-state index is -2.80. The summed E-state index contributed by atoms with van der Waals surface area (Å²) in [5, 5.41) is 0. The van der Waals surface area contributed by atoms with Gasteiger partial charge in [0, 0.05) is 30.0 Å². The van der Waals surface area contributed by atoms with Gasteiger partial charge in [0.25, 0.3) is 0 Å². The molecule has 2 aromatic rings. The monoisotopic (exact) mass is 382 g/mol. The molecule has 5 heteroatoms. The Balaban J connectivity index is 2.00. The molecule has 4 nitrogen and oxygen atoms in total. The van der Waals surface area contributed by atoms with Gasteiger partial charge >= 0.3 is 0 Å². The lowest BCUT2D eigenvalue weighted by Gasteiger charge is -2.26. The average molecular weight is 382 g/mol. The number of hydrogen-bond acceptors (Lipinski definition) is 4. The molecule has 0 N–H and O–H groups in total. The summed E-state index contributed by atoms with van der Waals surface area (Å²) < 4.78 is 24.7. The number of Topliss-reactive ketones (excluding diaryl/α,β-unsaturated/α-hetero) is 1. The number of hydrogen-bond donors (Lipinski definition) is 0. The van der Waals surface area contributed by atoms with Crippen LogP contribution in [0.2, 0.25) is 0 Å². The first-order valence-electron chi connectivity index (χ1n) is 8.85. The highest BCUT2D eigenvalue weighted by atomic mass is 31.2. The SMILES string of the molecule is C=CCP(=O)(CC=C)[C@@H](CC(=O)c1ccccc1)c1ccc2c(c1)OCO2. The van der Waals surface area contributed by atoms with Crippen molar-refractivity contribution in [1.29, 1.82) is 0 Å². The fraction of sp³-hybridized carbons (Fsp3) is 0.227. The van der Waals surface area contributed by atoms with Gasteiger partial charge in [-0.3, -0.25) is 4.79 Å². The summed E-state index contributed by atoms with van der Waals surface area (Å²) in [6, 6.07) is 14.6. The predicted octanol–water partition coefficient (Wildman–Crippen LogP) is 5.46. The predicted molar refractivity (Wildman–Crippen MR) is 108 cm³/mol. The largest absolute Gasteiger partial charge is 0.454 e. The van der Waals surface area contributed by atoms with Crippen LogP contribution in [0.1, 0.15) is 28.0 Å². The second kappa shape index (κ2) is 8.41. The standard InChI is InChI=1S/C22H23O4P/c1-3-12-27(24,13-4-2)22(15-19(23)17-8-6-5-7-9-17)18-10-11-20-21(14-18)26-16-25-20/h3-11,14,22H,1-2,12-13,15-16H2/t22-/m0/s1. The molecule has 0 bridgehead atoms. The third kappa shape index (κ3) is 4.23. The van der Waals surface area contributed by atoms with Gasteiger partial charge in [-0.1, -0.05) is 48.6 Å². The molecule has 0 saturated carbocycles. The Kier molecular flexibility index (Phi) is 5.98. The molecule has 1 heterocycles. The van der Waals surface area contributed by atoms with Gasteiger partial charge in [-0.05, 0) is 17.7 Å². The molecular formula is C22H23O4P. The van der Waals surface area contributed by atoms with E-state index in [0.29, 0.717) is 29.4 Å². The summed E-state index contributed by atoms with van der Waals surface area (Å²) in [6.07, 6.45) is 4.18. The lowest BCUT2D eigenvalue weighted by molar-refractivity contribution is 0.0980. The minimum Gasteiger partial charge on any atom is -0.454 e. The maximum Gasteiger partial charge on any atom is 0.231 e. The molecular weight excluding hydrogens is 359 g/mol. The first-order chi connectivity index (χ1) is 13.1. The first kappa shape index (κ1) is 19.2. The number of rotatable bonds is 9. The molecule has 1 aliphatic heterocycles. The normalized spacial score (nSPS) is 13.8. The van der Waals surface area contributed by atoms with Gasteiger partial charge < -0.3 is 14.0 Å². The van der Waals surface area contributed by atoms with Crippen LogP contribution in [0.5, 0.6) is 11.5 Å². The van der Waals surface area contributed by atoms with Crippen molar-refractivity contribution in [3.8, 4) is 11.5 Å². The Hall–Kier alpha value is -2.58. The van der Waals surface area contributed by atoms with E-state index in [0.717, 1.165) is 5.56 Å². The summed E-state index contributed by atoms with van der Waals surface area (Å²) in [5.74, 6) is 1.24. The van der Waals surface area contributed by atoms with E-state index in [1.54, 1.807) is 24.3 Å². The van der Waals surface area contributed by atoms with Gasteiger partial charge in [0.1, 0.15) is 7.14 Å². The summed E-state index contributed by atoms with van der Waals surface area (Å²) in [4.78, 5) is 12.9. The van der Waals surface area contributed by atoms with Crippen LogP contribution in [-0.2, 0) is 4.57 Å². The zero-order valence-electron chi connectivity index (χ0n) is 15.2. The van der Waals surface area contributed by atoms with E-state index in [4.69, 9.17) is 9.47 Å². The van der Waals surface area contributed by atoms with E-state index in [-0.39, 0.29) is 19.0 Å². The van der Waals surface area contributed by atoms with Crippen LogP contribution in [0.15, 0.2) is 73.8 Å². The van der Waals surface area contributed by atoms with Crippen LogP contribution in [0, 0.1) is 0 Å². The second-order valence-corrected chi connectivity index (χ2v) is 9.78. The van der Waals surface area contributed by atoms with Crippen LogP contribution in [-0.4, -0.2) is 24.9 Å². The Morgan fingerprint density at radius 1 is 1.04 bits per heavy atom. The smallest absolute Gasteiger partial charge is 0.231 e. The van der Waals surface area contributed by atoms with Gasteiger partial charge in [0.15, 0.2) is 17.3 Å². The average Bonchev–Trinajstić information content (AvgIpc) is 3.14. The third-order valence-electron chi connectivity index (χ3n) is 4.70. The quantitative estimate of drug-likeness (QED) is 0.328. The minimum absolute atomic E-state index is 0.0355. The number of carbonyl (C=O) groups is 1. The molecule has 0 fully saturated rings. The van der Waals surface area contributed by atoms with Crippen molar-refractivity contribution in [3.05, 3.63) is 85.0 Å². The molecule has 0 radical (unpaired) electrons. The molecule has 140 valence electrons. The van der Waals surface area contributed by atoms with Crippen LogP contribution >= 0.6 is 7.14 Å². The van der Waals surface area contributed by atoms with E-state index in [1.807, 2.05) is 36.4 Å². The molecule has 0 aromatic heterocycles. The molecule has 0 amide bonds. The Labute approximate surface area is 159 Å². The lowest BCUT2D eigenvalue weighted by Crippen LogP contribution is -2.11. The number of ketones is 1. The fourth-order valence-corrected chi connectivity index (χ4v) is 6.09. The molecule has 2 aromatic carbocycles. The van der Waals surface area contributed by atoms with Crippen molar-refractivity contribution in [2.45, 2.75) is 12.1 Å². The Morgan fingerprint density at radius 3 is 2.37 bits per heavy atom. The molecule has 1 aliphatic rings. The van der Waals surface area contributed by atoms with Gasteiger partial charge in [0.05, 0.1) is 0 Å². The summed E-state index contributed by atoms with van der Waals surface area (Å²) in [5.41, 5.74) is 0.998. The number of carbonyl (C=O) groups excluding carboxylic acids is 1. The first-order valence-corrected chi connectivity index (χ1v) is 11.0. The Bertz CT molecular complexity index is 874. The highest BCUT2D eigenvalue weighted by Crippen LogP contribution is 2.61. The van der Waals surface area contributed by atoms with E-state index < -0.39 is 12.8 Å². The van der Waals surface area contributed by atoms with E-state index in [2.05, 4.69) is 13.2 Å². The molecule has 27 heavy (non-hydrogen) atoms. The number of benzene rings is 2. The molecule has 3 rings (SSSR count). The summed E-state index contributed by atoms with van der Waals surface area (Å²) in [7, 11) is -2.80. The highest BCUT2D eigenvalue weighted by Gasteiger charge is 2.35. The van der Waals surface area contributed by atoms with Gasteiger partial charge in [-0.25, -0.2) is 0 Å². The molecule has 0 unspecified atom stereocenters. The number of allylic oxidation sites excluding steroid dienone is 2. The highest BCUT2D eigenvalue weighted by molar-refractivity contribution is 7.64.